The van der Waals surface area contributed by atoms with Crippen molar-refractivity contribution in [1.29, 1.82) is 0 Å². The van der Waals surface area contributed by atoms with Gasteiger partial charge in [-0.15, -0.1) is 11.6 Å². The molecule has 0 aromatic heterocycles. The Morgan fingerprint density at radius 2 is 2.06 bits per heavy atom. The molecule has 0 aromatic carbocycles. The van der Waals surface area contributed by atoms with Gasteiger partial charge in [0, 0.05) is 17.3 Å². The van der Waals surface area contributed by atoms with Crippen molar-refractivity contribution in [2.24, 2.45) is 11.3 Å². The fourth-order valence-electron chi connectivity index (χ4n) is 3.03. The van der Waals surface area contributed by atoms with Crippen molar-refractivity contribution >= 4 is 17.5 Å². The molecular formula is C13H22ClNO. The van der Waals surface area contributed by atoms with Crippen LogP contribution in [0.4, 0.5) is 0 Å². The zero-order chi connectivity index (χ0) is 11.6. The molecule has 0 saturated heterocycles. The van der Waals surface area contributed by atoms with E-state index in [1.165, 1.54) is 19.3 Å². The Morgan fingerprint density at radius 1 is 1.38 bits per heavy atom. The number of rotatable bonds is 3. The number of carbonyl (C=O) groups is 1. The molecule has 0 spiro atoms. The predicted octanol–water partition coefficient (Wildman–Crippen LogP) is 3.09. The summed E-state index contributed by atoms with van der Waals surface area (Å²) in [5.74, 6) is 0.875. The molecule has 16 heavy (non-hydrogen) atoms. The standard InChI is InChI=1S/C13H22ClNO/c1-13(6-2-3-7-13)12(16)15-9-10-4-5-11(14)8-10/h10-11H,2-9H2,1H3,(H,15,16). The van der Waals surface area contributed by atoms with Crippen molar-refractivity contribution in [1.82, 2.24) is 5.32 Å². The number of hydrogen-bond donors (Lipinski definition) is 1. The lowest BCUT2D eigenvalue weighted by atomic mass is 9.87. The number of carbonyl (C=O) groups excluding carboxylic acids is 1. The van der Waals surface area contributed by atoms with Crippen LogP contribution in [0, 0.1) is 11.3 Å². The second kappa shape index (κ2) is 4.95. The summed E-state index contributed by atoms with van der Waals surface area (Å²) in [6, 6.07) is 0. The largest absolute Gasteiger partial charge is 0.355 e. The van der Waals surface area contributed by atoms with E-state index in [0.717, 1.165) is 32.2 Å². The molecule has 2 saturated carbocycles. The molecule has 2 unspecified atom stereocenters. The highest BCUT2D eigenvalue weighted by Gasteiger charge is 2.36. The Labute approximate surface area is 103 Å². The maximum Gasteiger partial charge on any atom is 0.225 e. The summed E-state index contributed by atoms with van der Waals surface area (Å²) >= 11 is 6.06. The fraction of sp³-hybridized carbons (Fsp3) is 0.923. The van der Waals surface area contributed by atoms with Gasteiger partial charge in [0.2, 0.25) is 5.91 Å². The molecule has 0 aliphatic heterocycles. The Hall–Kier alpha value is -0.240. The van der Waals surface area contributed by atoms with Crippen LogP contribution in [0.15, 0.2) is 0 Å². The molecule has 0 heterocycles. The molecule has 2 rings (SSSR count). The molecule has 92 valence electrons. The van der Waals surface area contributed by atoms with Gasteiger partial charge < -0.3 is 5.32 Å². The number of nitrogens with one attached hydrogen (secondary N) is 1. The minimum absolute atomic E-state index is 0.0844. The number of halogens is 1. The summed E-state index contributed by atoms with van der Waals surface area (Å²) in [6.07, 6.45) is 7.88. The van der Waals surface area contributed by atoms with Gasteiger partial charge in [0.1, 0.15) is 0 Å². The molecule has 2 nitrogen and oxygen atoms in total. The van der Waals surface area contributed by atoms with Crippen LogP contribution in [-0.4, -0.2) is 17.8 Å². The first-order chi connectivity index (χ1) is 7.60. The second-order valence-corrected chi connectivity index (χ2v) is 6.37. The number of amides is 1. The first-order valence-electron chi connectivity index (χ1n) is 6.52. The van der Waals surface area contributed by atoms with Crippen molar-refractivity contribution in [3.63, 3.8) is 0 Å². The van der Waals surface area contributed by atoms with Crippen LogP contribution in [0.1, 0.15) is 51.9 Å². The van der Waals surface area contributed by atoms with E-state index >= 15 is 0 Å². The third-order valence-corrected chi connectivity index (χ3v) is 4.68. The Bertz CT molecular complexity index is 261. The van der Waals surface area contributed by atoms with Gasteiger partial charge in [0.05, 0.1) is 0 Å². The van der Waals surface area contributed by atoms with E-state index in [1.54, 1.807) is 0 Å². The Balaban J connectivity index is 1.75. The molecule has 1 N–H and O–H groups in total. The molecule has 0 radical (unpaired) electrons. The van der Waals surface area contributed by atoms with Crippen molar-refractivity contribution in [2.75, 3.05) is 6.54 Å². The Morgan fingerprint density at radius 3 is 2.62 bits per heavy atom. The van der Waals surface area contributed by atoms with Crippen LogP contribution in [0.5, 0.6) is 0 Å². The van der Waals surface area contributed by atoms with Crippen molar-refractivity contribution < 1.29 is 4.79 Å². The van der Waals surface area contributed by atoms with Crippen molar-refractivity contribution in [3.05, 3.63) is 0 Å². The summed E-state index contributed by atoms with van der Waals surface area (Å²) in [7, 11) is 0. The normalized spacial score (nSPS) is 32.9. The highest BCUT2D eigenvalue weighted by molar-refractivity contribution is 6.20. The van der Waals surface area contributed by atoms with Gasteiger partial charge in [0.15, 0.2) is 0 Å². The molecule has 2 aliphatic carbocycles. The van der Waals surface area contributed by atoms with Gasteiger partial charge in [-0.05, 0) is 38.0 Å². The first-order valence-corrected chi connectivity index (χ1v) is 6.96. The molecule has 3 heteroatoms. The van der Waals surface area contributed by atoms with Crippen LogP contribution < -0.4 is 5.32 Å². The van der Waals surface area contributed by atoms with E-state index in [1.807, 2.05) is 0 Å². The molecular weight excluding hydrogens is 222 g/mol. The highest BCUT2D eigenvalue weighted by atomic mass is 35.5. The van der Waals surface area contributed by atoms with Gasteiger partial charge in [-0.3, -0.25) is 4.79 Å². The molecule has 0 bridgehead atoms. The summed E-state index contributed by atoms with van der Waals surface area (Å²) < 4.78 is 0. The van der Waals surface area contributed by atoms with Crippen molar-refractivity contribution in [2.45, 2.75) is 57.2 Å². The lowest BCUT2D eigenvalue weighted by molar-refractivity contribution is -0.130. The van der Waals surface area contributed by atoms with E-state index in [-0.39, 0.29) is 11.3 Å². The minimum Gasteiger partial charge on any atom is -0.355 e. The van der Waals surface area contributed by atoms with Gasteiger partial charge >= 0.3 is 0 Å². The maximum absolute atomic E-state index is 12.1. The first kappa shape index (κ1) is 12.2. The maximum atomic E-state index is 12.1. The SMILES string of the molecule is CC1(C(=O)NCC2CCC(Cl)C2)CCCC1. The molecule has 2 fully saturated rings. The average Bonchev–Trinajstić information content (AvgIpc) is 2.85. The van der Waals surface area contributed by atoms with Crippen LogP contribution in [-0.2, 0) is 4.79 Å². The fourth-order valence-corrected chi connectivity index (χ4v) is 3.41. The van der Waals surface area contributed by atoms with Crippen LogP contribution in [0.3, 0.4) is 0 Å². The predicted molar refractivity (Wildman–Crippen MR) is 66.6 cm³/mol. The molecule has 2 atom stereocenters. The lowest BCUT2D eigenvalue weighted by Crippen LogP contribution is -2.39. The van der Waals surface area contributed by atoms with E-state index < -0.39 is 0 Å². The summed E-state index contributed by atoms with van der Waals surface area (Å²) in [4.78, 5) is 12.1. The number of alkyl halides is 1. The minimum atomic E-state index is -0.0844. The third-order valence-electron chi connectivity index (χ3n) is 4.28. The topological polar surface area (TPSA) is 29.1 Å². The summed E-state index contributed by atoms with van der Waals surface area (Å²) in [5.41, 5.74) is -0.0844. The average molecular weight is 244 g/mol. The molecule has 1 amide bonds. The monoisotopic (exact) mass is 243 g/mol. The van der Waals surface area contributed by atoms with E-state index in [9.17, 15) is 4.79 Å². The zero-order valence-electron chi connectivity index (χ0n) is 10.1. The van der Waals surface area contributed by atoms with Crippen LogP contribution >= 0.6 is 11.6 Å². The van der Waals surface area contributed by atoms with Crippen LogP contribution in [0.2, 0.25) is 0 Å². The second-order valence-electron chi connectivity index (χ2n) is 5.75. The van der Waals surface area contributed by atoms with Gasteiger partial charge in [0.25, 0.3) is 0 Å². The van der Waals surface area contributed by atoms with E-state index in [0.29, 0.717) is 11.3 Å². The Kier molecular flexibility index (Phi) is 3.78. The van der Waals surface area contributed by atoms with Crippen LogP contribution in [0.25, 0.3) is 0 Å². The van der Waals surface area contributed by atoms with E-state index in [2.05, 4.69) is 12.2 Å². The lowest BCUT2D eigenvalue weighted by Gasteiger charge is -2.23. The summed E-state index contributed by atoms with van der Waals surface area (Å²) in [6.45, 7) is 2.94. The summed E-state index contributed by atoms with van der Waals surface area (Å²) in [5, 5.41) is 3.47. The number of hydrogen-bond acceptors (Lipinski definition) is 1. The van der Waals surface area contributed by atoms with E-state index in [4.69, 9.17) is 11.6 Å². The van der Waals surface area contributed by atoms with Gasteiger partial charge in [-0.2, -0.15) is 0 Å². The smallest absolute Gasteiger partial charge is 0.225 e. The van der Waals surface area contributed by atoms with Crippen molar-refractivity contribution in [3.8, 4) is 0 Å². The third kappa shape index (κ3) is 2.71. The molecule has 0 aromatic rings. The highest BCUT2D eigenvalue weighted by Crippen LogP contribution is 2.37. The van der Waals surface area contributed by atoms with Gasteiger partial charge in [-0.25, -0.2) is 0 Å². The quantitative estimate of drug-likeness (QED) is 0.759. The zero-order valence-corrected chi connectivity index (χ0v) is 10.9. The molecule has 2 aliphatic rings. The van der Waals surface area contributed by atoms with Gasteiger partial charge in [-0.1, -0.05) is 19.8 Å².